The van der Waals surface area contributed by atoms with Crippen LogP contribution in [0.5, 0.6) is 0 Å². The molecule has 2 aromatic rings. The first-order chi connectivity index (χ1) is 12.3. The highest BCUT2D eigenvalue weighted by molar-refractivity contribution is 7.18. The molecule has 2 N–H and O–H groups in total. The van der Waals surface area contributed by atoms with Crippen LogP contribution in [-0.2, 0) is 16.0 Å². The minimum Gasteiger partial charge on any atom is -0.379 e. The number of carbonyl (C=O) groups is 1. The molecule has 8 heteroatoms. The van der Waals surface area contributed by atoms with Gasteiger partial charge in [-0.05, 0) is 25.5 Å². The van der Waals surface area contributed by atoms with Crippen molar-refractivity contribution < 1.29 is 9.53 Å². The van der Waals surface area contributed by atoms with Gasteiger partial charge < -0.3 is 15.4 Å². The third kappa shape index (κ3) is 5.10. The first kappa shape index (κ1) is 18.0. The molecule has 0 radical (unpaired) electrons. The van der Waals surface area contributed by atoms with Crippen LogP contribution < -0.4 is 10.6 Å². The summed E-state index contributed by atoms with van der Waals surface area (Å²) in [6.45, 7) is 7.63. The lowest BCUT2D eigenvalue weighted by molar-refractivity contribution is -0.119. The molecule has 25 heavy (non-hydrogen) atoms. The van der Waals surface area contributed by atoms with Crippen molar-refractivity contribution in [1.82, 2.24) is 20.2 Å². The quantitative estimate of drug-likeness (QED) is 0.692. The minimum atomic E-state index is -0.0142. The van der Waals surface area contributed by atoms with Gasteiger partial charge >= 0.3 is 0 Å². The molecule has 136 valence electrons. The van der Waals surface area contributed by atoms with E-state index >= 15 is 0 Å². The molecular formula is C17H25N5O2S. The zero-order valence-corrected chi connectivity index (χ0v) is 15.4. The molecule has 0 unspecified atom stereocenters. The van der Waals surface area contributed by atoms with E-state index in [9.17, 15) is 4.79 Å². The zero-order valence-electron chi connectivity index (χ0n) is 14.6. The predicted octanol–water partition coefficient (Wildman–Crippen LogP) is 1.50. The van der Waals surface area contributed by atoms with E-state index in [1.165, 1.54) is 4.88 Å². The van der Waals surface area contributed by atoms with Gasteiger partial charge in [0.2, 0.25) is 5.91 Å². The van der Waals surface area contributed by atoms with Crippen molar-refractivity contribution in [2.75, 3.05) is 51.3 Å². The Hall–Kier alpha value is -1.77. The summed E-state index contributed by atoms with van der Waals surface area (Å²) >= 11 is 1.67. The third-order valence-electron chi connectivity index (χ3n) is 4.22. The van der Waals surface area contributed by atoms with E-state index in [0.29, 0.717) is 6.54 Å². The van der Waals surface area contributed by atoms with Crippen LogP contribution in [0.15, 0.2) is 12.4 Å². The van der Waals surface area contributed by atoms with E-state index in [0.717, 1.165) is 61.7 Å². The van der Waals surface area contributed by atoms with Crippen LogP contribution in [0, 0.1) is 0 Å². The smallest absolute Gasteiger partial charge is 0.239 e. The van der Waals surface area contributed by atoms with Crippen LogP contribution in [0.3, 0.4) is 0 Å². The molecule has 1 amide bonds. The van der Waals surface area contributed by atoms with E-state index in [1.807, 2.05) is 0 Å². The number of anilines is 1. The van der Waals surface area contributed by atoms with Gasteiger partial charge in [0.05, 0.1) is 25.1 Å². The second-order valence-corrected chi connectivity index (χ2v) is 7.13. The summed E-state index contributed by atoms with van der Waals surface area (Å²) in [4.78, 5) is 25.2. The Balaban J connectivity index is 1.40. The van der Waals surface area contributed by atoms with E-state index < -0.39 is 0 Å². The molecule has 1 saturated heterocycles. The second-order valence-electron chi connectivity index (χ2n) is 6.02. The fourth-order valence-electron chi connectivity index (χ4n) is 2.80. The van der Waals surface area contributed by atoms with E-state index in [4.69, 9.17) is 4.74 Å². The number of thiophene rings is 1. The summed E-state index contributed by atoms with van der Waals surface area (Å²) < 4.78 is 5.33. The number of morpholine rings is 1. The van der Waals surface area contributed by atoms with Gasteiger partial charge in [0.15, 0.2) is 0 Å². The molecule has 3 rings (SSSR count). The van der Waals surface area contributed by atoms with E-state index in [1.54, 1.807) is 17.7 Å². The van der Waals surface area contributed by atoms with Crippen molar-refractivity contribution in [2.45, 2.75) is 19.8 Å². The number of rotatable bonds is 8. The Morgan fingerprint density at radius 3 is 3.00 bits per heavy atom. The van der Waals surface area contributed by atoms with Crippen molar-refractivity contribution >= 4 is 33.3 Å². The molecule has 0 saturated carbocycles. The normalized spacial score (nSPS) is 15.4. The Morgan fingerprint density at radius 2 is 2.20 bits per heavy atom. The summed E-state index contributed by atoms with van der Waals surface area (Å²) in [6.07, 6.45) is 3.47. The van der Waals surface area contributed by atoms with Crippen LogP contribution in [-0.4, -0.2) is 66.7 Å². The third-order valence-corrected chi connectivity index (χ3v) is 5.41. The molecule has 1 fully saturated rings. The molecular weight excluding hydrogens is 338 g/mol. The number of amides is 1. The average molecular weight is 363 g/mol. The molecule has 2 aromatic heterocycles. The molecule has 7 nitrogen and oxygen atoms in total. The lowest BCUT2D eigenvalue weighted by Gasteiger charge is -2.26. The van der Waals surface area contributed by atoms with Gasteiger partial charge in [0, 0.05) is 24.5 Å². The highest BCUT2D eigenvalue weighted by atomic mass is 32.1. The lowest BCUT2D eigenvalue weighted by Crippen LogP contribution is -2.38. The van der Waals surface area contributed by atoms with Gasteiger partial charge in [-0.1, -0.05) is 6.92 Å². The Kier molecular flexibility index (Phi) is 6.55. The van der Waals surface area contributed by atoms with E-state index in [2.05, 4.69) is 38.5 Å². The van der Waals surface area contributed by atoms with E-state index in [-0.39, 0.29) is 12.5 Å². The number of aromatic nitrogens is 2. The van der Waals surface area contributed by atoms with Gasteiger partial charge in [-0.25, -0.2) is 9.97 Å². The number of fused-ring (bicyclic) bond motifs is 1. The van der Waals surface area contributed by atoms with Gasteiger partial charge in [0.1, 0.15) is 17.0 Å². The van der Waals surface area contributed by atoms with Crippen LogP contribution in [0.1, 0.15) is 18.2 Å². The highest BCUT2D eigenvalue weighted by Gasteiger charge is 2.11. The number of aryl methyl sites for hydroxylation is 1. The average Bonchev–Trinajstić information content (AvgIpc) is 3.08. The maximum absolute atomic E-state index is 12.0. The largest absolute Gasteiger partial charge is 0.379 e. The first-order valence-electron chi connectivity index (χ1n) is 8.80. The van der Waals surface area contributed by atoms with Crippen molar-refractivity contribution in [3.63, 3.8) is 0 Å². The van der Waals surface area contributed by atoms with Crippen molar-refractivity contribution in [2.24, 2.45) is 0 Å². The van der Waals surface area contributed by atoms with Gasteiger partial charge in [-0.3, -0.25) is 9.69 Å². The molecule has 1 aliphatic rings. The number of nitrogens with one attached hydrogen (secondary N) is 2. The maximum Gasteiger partial charge on any atom is 0.239 e. The summed E-state index contributed by atoms with van der Waals surface area (Å²) in [7, 11) is 0. The van der Waals surface area contributed by atoms with Gasteiger partial charge in [-0.15, -0.1) is 11.3 Å². The summed E-state index contributed by atoms with van der Waals surface area (Å²) in [5.74, 6) is 0.712. The van der Waals surface area contributed by atoms with Crippen LogP contribution in [0.25, 0.3) is 10.2 Å². The fraction of sp³-hybridized carbons (Fsp3) is 0.588. The van der Waals surface area contributed by atoms with Crippen LogP contribution in [0.4, 0.5) is 5.82 Å². The Bertz CT molecular complexity index is 699. The summed E-state index contributed by atoms with van der Waals surface area (Å²) in [5.41, 5.74) is 0. The monoisotopic (exact) mass is 363 g/mol. The SMILES string of the molecule is CCc1cc2c(NCC(=O)NCCCN3CCOCC3)ncnc2s1. The summed E-state index contributed by atoms with van der Waals surface area (Å²) in [6, 6.07) is 2.10. The molecule has 0 bridgehead atoms. The number of hydrogen-bond donors (Lipinski definition) is 2. The molecule has 0 aromatic carbocycles. The van der Waals surface area contributed by atoms with Crippen molar-refractivity contribution in [3.8, 4) is 0 Å². The van der Waals surface area contributed by atoms with Crippen molar-refractivity contribution in [3.05, 3.63) is 17.3 Å². The molecule has 0 aliphatic carbocycles. The number of carbonyl (C=O) groups excluding carboxylic acids is 1. The zero-order chi connectivity index (χ0) is 17.5. The molecule has 1 aliphatic heterocycles. The number of hydrogen-bond acceptors (Lipinski definition) is 7. The topological polar surface area (TPSA) is 79.4 Å². The first-order valence-corrected chi connectivity index (χ1v) is 9.62. The summed E-state index contributed by atoms with van der Waals surface area (Å²) in [5, 5.41) is 7.08. The number of ether oxygens (including phenoxy) is 1. The van der Waals surface area contributed by atoms with Crippen LogP contribution in [0.2, 0.25) is 0 Å². The highest BCUT2D eigenvalue weighted by Crippen LogP contribution is 2.28. The standard InChI is InChI=1S/C17H25N5O2S/c1-2-13-10-14-16(20-12-21-17(14)25-13)19-11-15(23)18-4-3-5-22-6-8-24-9-7-22/h10,12H,2-9,11H2,1H3,(H,18,23)(H,19,20,21). The second kappa shape index (κ2) is 9.07. The maximum atomic E-state index is 12.0. The fourth-order valence-corrected chi connectivity index (χ4v) is 3.74. The predicted molar refractivity (Wildman–Crippen MR) is 100 cm³/mol. The van der Waals surface area contributed by atoms with Gasteiger partial charge in [0.25, 0.3) is 0 Å². The molecule has 0 atom stereocenters. The minimum absolute atomic E-state index is 0.0142. The molecule has 3 heterocycles. The van der Waals surface area contributed by atoms with Crippen LogP contribution >= 0.6 is 11.3 Å². The van der Waals surface area contributed by atoms with Gasteiger partial charge in [-0.2, -0.15) is 0 Å². The number of nitrogens with zero attached hydrogens (tertiary/aromatic N) is 3. The Morgan fingerprint density at radius 1 is 1.36 bits per heavy atom. The molecule has 0 spiro atoms. The van der Waals surface area contributed by atoms with Crippen molar-refractivity contribution in [1.29, 1.82) is 0 Å². The Labute approximate surface area is 151 Å². The lowest BCUT2D eigenvalue weighted by atomic mass is 10.3.